The lowest BCUT2D eigenvalue weighted by atomic mass is 10.2. The van der Waals surface area contributed by atoms with Crippen LogP contribution in [-0.4, -0.2) is 22.2 Å². The second-order valence-corrected chi connectivity index (χ2v) is 1.97. The van der Waals surface area contributed by atoms with E-state index >= 15 is 0 Å². The van der Waals surface area contributed by atoms with Gasteiger partial charge < -0.3 is 10.2 Å². The van der Waals surface area contributed by atoms with Gasteiger partial charge in [-0.15, -0.1) is 0 Å². The fourth-order valence-electron chi connectivity index (χ4n) is 0.324. The fourth-order valence-corrected chi connectivity index (χ4v) is 0.681. The summed E-state index contributed by atoms with van der Waals surface area (Å²) in [5, 5.41) is 16.4. The highest BCUT2D eigenvalue weighted by atomic mass is 79.9. The lowest BCUT2D eigenvalue weighted by molar-refractivity contribution is -0.139. The number of hydrogen-bond acceptors (Lipinski definition) is 2. The van der Waals surface area contributed by atoms with Crippen LogP contribution in [0.25, 0.3) is 0 Å². The molecular weight excluding hydrogens is 204 g/mol. The first kappa shape index (κ1) is 9.16. The molecule has 0 aliphatic heterocycles. The molecular formula is C5H5BrO4. The highest BCUT2D eigenvalue weighted by Gasteiger charge is 2.09. The molecule has 0 rings (SSSR count). The molecule has 0 heterocycles. The third-order valence-corrected chi connectivity index (χ3v) is 1.30. The van der Waals surface area contributed by atoms with Gasteiger partial charge >= 0.3 is 11.9 Å². The standard InChI is InChI=1S/C5H5BrO4/c6-2-3(5(9)10)1-4(7)8/h2H,1H2,(H,7,8)(H,9,10)/b3-2+. The first-order valence-corrected chi connectivity index (χ1v) is 3.24. The number of carboxylic acid groups (broad SMARTS) is 2. The molecule has 0 fully saturated rings. The van der Waals surface area contributed by atoms with E-state index in [9.17, 15) is 9.59 Å². The van der Waals surface area contributed by atoms with Crippen molar-refractivity contribution < 1.29 is 19.8 Å². The van der Waals surface area contributed by atoms with E-state index < -0.39 is 18.4 Å². The zero-order chi connectivity index (χ0) is 8.15. The Morgan fingerprint density at radius 2 is 1.90 bits per heavy atom. The van der Waals surface area contributed by atoms with Gasteiger partial charge in [0.05, 0.1) is 12.0 Å². The molecule has 2 N–H and O–H groups in total. The van der Waals surface area contributed by atoms with Crippen molar-refractivity contribution in [3.8, 4) is 0 Å². The number of carboxylic acids is 2. The zero-order valence-corrected chi connectivity index (χ0v) is 6.46. The van der Waals surface area contributed by atoms with Crippen molar-refractivity contribution >= 4 is 27.9 Å². The van der Waals surface area contributed by atoms with E-state index in [0.717, 1.165) is 4.99 Å². The number of rotatable bonds is 3. The summed E-state index contributed by atoms with van der Waals surface area (Å²) in [7, 11) is 0. The summed E-state index contributed by atoms with van der Waals surface area (Å²) in [6, 6.07) is 0. The quantitative estimate of drug-likeness (QED) is 0.674. The summed E-state index contributed by atoms with van der Waals surface area (Å²) < 4.78 is 0. The average molecular weight is 209 g/mol. The van der Waals surface area contributed by atoms with Crippen molar-refractivity contribution in [3.05, 3.63) is 10.6 Å². The Morgan fingerprint density at radius 3 is 2.00 bits per heavy atom. The molecule has 0 saturated heterocycles. The molecule has 56 valence electrons. The predicted octanol–water partition coefficient (Wildman–Crippen LogP) is 0.825. The molecule has 0 spiro atoms. The van der Waals surface area contributed by atoms with Crippen LogP contribution in [0.2, 0.25) is 0 Å². The molecule has 0 aliphatic carbocycles. The van der Waals surface area contributed by atoms with Gasteiger partial charge in [-0.05, 0) is 4.99 Å². The smallest absolute Gasteiger partial charge is 0.332 e. The summed E-state index contributed by atoms with van der Waals surface area (Å²) in [6.45, 7) is 0. The topological polar surface area (TPSA) is 74.6 Å². The van der Waals surface area contributed by atoms with Crippen LogP contribution in [0.15, 0.2) is 10.6 Å². The van der Waals surface area contributed by atoms with E-state index in [1.165, 1.54) is 0 Å². The SMILES string of the molecule is O=C(O)C/C(=C\Br)C(=O)O. The molecule has 0 atom stereocenters. The van der Waals surface area contributed by atoms with Crippen LogP contribution < -0.4 is 0 Å². The molecule has 5 heteroatoms. The zero-order valence-electron chi connectivity index (χ0n) is 4.87. The van der Waals surface area contributed by atoms with Crippen molar-refractivity contribution in [2.24, 2.45) is 0 Å². The minimum atomic E-state index is -1.22. The molecule has 0 aromatic heterocycles. The third-order valence-electron chi connectivity index (χ3n) is 0.748. The highest BCUT2D eigenvalue weighted by molar-refractivity contribution is 9.11. The molecule has 4 nitrogen and oxygen atoms in total. The van der Waals surface area contributed by atoms with Gasteiger partial charge in [0.15, 0.2) is 0 Å². The minimum Gasteiger partial charge on any atom is -0.481 e. The second-order valence-electron chi connectivity index (χ2n) is 1.51. The molecule has 0 amide bonds. The third kappa shape index (κ3) is 3.24. The molecule has 0 radical (unpaired) electrons. The maximum absolute atomic E-state index is 10.1. The van der Waals surface area contributed by atoms with E-state index in [1.54, 1.807) is 0 Å². The van der Waals surface area contributed by atoms with E-state index in [1.807, 2.05) is 0 Å². The van der Waals surface area contributed by atoms with E-state index in [4.69, 9.17) is 10.2 Å². The van der Waals surface area contributed by atoms with Crippen LogP contribution in [0.1, 0.15) is 6.42 Å². The summed E-state index contributed by atoms with van der Waals surface area (Å²) >= 11 is 2.74. The number of aliphatic carboxylic acids is 2. The van der Waals surface area contributed by atoms with Crippen molar-refractivity contribution in [3.63, 3.8) is 0 Å². The molecule has 0 unspecified atom stereocenters. The maximum Gasteiger partial charge on any atom is 0.332 e. The van der Waals surface area contributed by atoms with Gasteiger partial charge in [0, 0.05) is 0 Å². The van der Waals surface area contributed by atoms with Gasteiger partial charge in [-0.3, -0.25) is 4.79 Å². The van der Waals surface area contributed by atoms with E-state index in [2.05, 4.69) is 15.9 Å². The Labute approximate surface area is 65.3 Å². The lowest BCUT2D eigenvalue weighted by Crippen LogP contribution is -2.05. The predicted molar refractivity (Wildman–Crippen MR) is 36.9 cm³/mol. The molecule has 0 saturated carbocycles. The molecule has 10 heavy (non-hydrogen) atoms. The lowest BCUT2D eigenvalue weighted by Gasteiger charge is -1.93. The van der Waals surface area contributed by atoms with E-state index in [-0.39, 0.29) is 5.57 Å². The minimum absolute atomic E-state index is 0.174. The number of halogens is 1. The van der Waals surface area contributed by atoms with Crippen LogP contribution in [0.5, 0.6) is 0 Å². The average Bonchev–Trinajstić information content (AvgIpc) is 1.81. The number of hydrogen-bond donors (Lipinski definition) is 2. The molecule has 0 aromatic carbocycles. The maximum atomic E-state index is 10.1. The monoisotopic (exact) mass is 208 g/mol. The van der Waals surface area contributed by atoms with E-state index in [0.29, 0.717) is 0 Å². The van der Waals surface area contributed by atoms with Crippen LogP contribution >= 0.6 is 15.9 Å². The van der Waals surface area contributed by atoms with Crippen molar-refractivity contribution in [1.29, 1.82) is 0 Å². The van der Waals surface area contributed by atoms with Crippen molar-refractivity contribution in [2.45, 2.75) is 6.42 Å². The molecule has 0 bridgehead atoms. The van der Waals surface area contributed by atoms with Gasteiger partial charge in [0.25, 0.3) is 0 Å². The second kappa shape index (κ2) is 4.05. The Morgan fingerprint density at radius 1 is 1.40 bits per heavy atom. The summed E-state index contributed by atoms with van der Waals surface area (Å²) in [5.41, 5.74) is -0.174. The first-order chi connectivity index (χ1) is 4.57. The van der Waals surface area contributed by atoms with Gasteiger partial charge in [-0.25, -0.2) is 4.79 Å². The van der Waals surface area contributed by atoms with Gasteiger partial charge in [0.2, 0.25) is 0 Å². The highest BCUT2D eigenvalue weighted by Crippen LogP contribution is 2.03. The normalized spacial score (nSPS) is 11.1. The van der Waals surface area contributed by atoms with Crippen LogP contribution in [0.3, 0.4) is 0 Å². The summed E-state index contributed by atoms with van der Waals surface area (Å²) in [5.74, 6) is -2.38. The fraction of sp³-hybridized carbons (Fsp3) is 0.200. The number of carbonyl (C=O) groups is 2. The van der Waals surface area contributed by atoms with Crippen molar-refractivity contribution in [2.75, 3.05) is 0 Å². The summed E-state index contributed by atoms with van der Waals surface area (Å²) in [4.78, 5) is 21.1. The summed E-state index contributed by atoms with van der Waals surface area (Å²) in [6.07, 6.45) is -0.472. The van der Waals surface area contributed by atoms with Crippen LogP contribution in [0.4, 0.5) is 0 Å². The Hall–Kier alpha value is -0.840. The molecule has 0 aliphatic rings. The van der Waals surface area contributed by atoms with Crippen LogP contribution in [-0.2, 0) is 9.59 Å². The molecule has 0 aromatic rings. The Balaban J connectivity index is 4.12. The van der Waals surface area contributed by atoms with Gasteiger partial charge in [-0.2, -0.15) is 0 Å². The Bertz CT molecular complexity index is 184. The van der Waals surface area contributed by atoms with Gasteiger partial charge in [-0.1, -0.05) is 15.9 Å². The first-order valence-electron chi connectivity index (χ1n) is 2.32. The van der Waals surface area contributed by atoms with Gasteiger partial charge in [0.1, 0.15) is 0 Å². The van der Waals surface area contributed by atoms with Crippen LogP contribution in [0, 0.1) is 0 Å². The largest absolute Gasteiger partial charge is 0.481 e. The Kier molecular flexibility index (Phi) is 3.71. The van der Waals surface area contributed by atoms with Crippen molar-refractivity contribution in [1.82, 2.24) is 0 Å².